The van der Waals surface area contributed by atoms with Gasteiger partial charge in [-0.1, -0.05) is 19.3 Å². The van der Waals surface area contributed by atoms with Gasteiger partial charge < -0.3 is 10.1 Å². The summed E-state index contributed by atoms with van der Waals surface area (Å²) in [5.41, 5.74) is 0.685. The molecule has 0 amide bonds. The molecule has 2 nitrogen and oxygen atoms in total. The third kappa shape index (κ3) is 2.54. The summed E-state index contributed by atoms with van der Waals surface area (Å²) in [5, 5.41) is 3.58. The van der Waals surface area contributed by atoms with Crippen LogP contribution in [0.15, 0.2) is 0 Å². The monoisotopic (exact) mass is 211 g/mol. The van der Waals surface area contributed by atoms with Crippen LogP contribution in [0.4, 0.5) is 0 Å². The first-order valence-corrected chi connectivity index (χ1v) is 6.57. The smallest absolute Gasteiger partial charge is 0.0587 e. The van der Waals surface area contributed by atoms with E-state index in [2.05, 4.69) is 5.32 Å². The maximum absolute atomic E-state index is 5.07. The van der Waals surface area contributed by atoms with Gasteiger partial charge in [-0.3, -0.25) is 0 Å². The van der Waals surface area contributed by atoms with Crippen LogP contribution in [0, 0.1) is 11.3 Å². The van der Waals surface area contributed by atoms with Crippen molar-refractivity contribution in [3.63, 3.8) is 0 Å². The molecule has 0 aromatic carbocycles. The van der Waals surface area contributed by atoms with Gasteiger partial charge >= 0.3 is 0 Å². The molecule has 0 heterocycles. The van der Waals surface area contributed by atoms with Crippen LogP contribution in [0.1, 0.15) is 44.9 Å². The Bertz CT molecular complexity index is 183. The Kier molecular flexibility index (Phi) is 4.04. The van der Waals surface area contributed by atoms with E-state index in [0.29, 0.717) is 5.41 Å². The Morgan fingerprint density at radius 3 is 2.47 bits per heavy atom. The molecule has 0 saturated heterocycles. The molecule has 2 fully saturated rings. The molecule has 2 aliphatic rings. The second-order valence-corrected chi connectivity index (χ2v) is 5.37. The van der Waals surface area contributed by atoms with Crippen molar-refractivity contribution < 1.29 is 4.74 Å². The molecule has 0 atom stereocenters. The van der Waals surface area contributed by atoms with Gasteiger partial charge in [0.1, 0.15) is 0 Å². The molecule has 0 radical (unpaired) electrons. The first-order valence-electron chi connectivity index (χ1n) is 6.57. The minimum atomic E-state index is 0.685. The normalized spacial score (nSPS) is 25.4. The molecule has 15 heavy (non-hydrogen) atoms. The van der Waals surface area contributed by atoms with Crippen molar-refractivity contribution in [2.75, 3.05) is 26.8 Å². The molecule has 2 saturated carbocycles. The van der Waals surface area contributed by atoms with Gasteiger partial charge in [0.15, 0.2) is 0 Å². The number of methoxy groups -OCH3 is 1. The Labute approximate surface area is 93.8 Å². The third-order valence-corrected chi connectivity index (χ3v) is 4.53. The summed E-state index contributed by atoms with van der Waals surface area (Å²) in [6.07, 6.45) is 10.3. The van der Waals surface area contributed by atoms with E-state index in [0.717, 1.165) is 19.1 Å². The quantitative estimate of drug-likeness (QED) is 0.682. The van der Waals surface area contributed by atoms with E-state index in [9.17, 15) is 0 Å². The lowest BCUT2D eigenvalue weighted by Gasteiger charge is -2.47. The fraction of sp³-hybridized carbons (Fsp3) is 1.00. The Hall–Kier alpha value is -0.0800. The van der Waals surface area contributed by atoms with Crippen LogP contribution in [-0.2, 0) is 4.74 Å². The van der Waals surface area contributed by atoms with E-state index >= 15 is 0 Å². The first kappa shape index (κ1) is 11.4. The van der Waals surface area contributed by atoms with Crippen LogP contribution in [0.5, 0.6) is 0 Å². The van der Waals surface area contributed by atoms with Crippen molar-refractivity contribution in [3.05, 3.63) is 0 Å². The van der Waals surface area contributed by atoms with Gasteiger partial charge in [0.2, 0.25) is 0 Å². The summed E-state index contributed by atoms with van der Waals surface area (Å²) < 4.78 is 5.07. The molecule has 2 heteroatoms. The summed E-state index contributed by atoms with van der Waals surface area (Å²) in [6.45, 7) is 3.10. The van der Waals surface area contributed by atoms with Gasteiger partial charge in [-0.05, 0) is 37.0 Å². The molecule has 0 unspecified atom stereocenters. The molecule has 2 rings (SSSR count). The average Bonchev–Trinajstić information content (AvgIpc) is 2.69. The Morgan fingerprint density at radius 1 is 1.20 bits per heavy atom. The van der Waals surface area contributed by atoms with Crippen molar-refractivity contribution in [2.45, 2.75) is 44.9 Å². The summed E-state index contributed by atoms with van der Waals surface area (Å²) in [5.74, 6) is 1.03. The fourth-order valence-corrected chi connectivity index (χ4v) is 3.41. The highest BCUT2D eigenvalue weighted by Gasteiger charge is 2.44. The Morgan fingerprint density at radius 2 is 1.93 bits per heavy atom. The van der Waals surface area contributed by atoms with Gasteiger partial charge in [-0.2, -0.15) is 0 Å². The van der Waals surface area contributed by atoms with Crippen LogP contribution in [-0.4, -0.2) is 26.8 Å². The summed E-state index contributed by atoms with van der Waals surface area (Å²) in [4.78, 5) is 0. The molecular formula is C13H25NO. The van der Waals surface area contributed by atoms with Gasteiger partial charge in [-0.15, -0.1) is 0 Å². The van der Waals surface area contributed by atoms with E-state index in [1.54, 1.807) is 7.11 Å². The van der Waals surface area contributed by atoms with Gasteiger partial charge in [0, 0.05) is 20.2 Å². The van der Waals surface area contributed by atoms with Crippen molar-refractivity contribution in [1.29, 1.82) is 0 Å². The molecule has 1 N–H and O–H groups in total. The van der Waals surface area contributed by atoms with E-state index in [1.165, 1.54) is 51.5 Å². The van der Waals surface area contributed by atoms with Crippen molar-refractivity contribution in [1.82, 2.24) is 5.32 Å². The maximum Gasteiger partial charge on any atom is 0.0587 e. The van der Waals surface area contributed by atoms with Crippen LogP contribution in [0.2, 0.25) is 0 Å². The topological polar surface area (TPSA) is 21.3 Å². The highest BCUT2D eigenvalue weighted by molar-refractivity contribution is 4.96. The summed E-state index contributed by atoms with van der Waals surface area (Å²) in [6, 6.07) is 0. The van der Waals surface area contributed by atoms with Crippen LogP contribution in [0.25, 0.3) is 0 Å². The lowest BCUT2D eigenvalue weighted by molar-refractivity contribution is 0.0494. The summed E-state index contributed by atoms with van der Waals surface area (Å²) >= 11 is 0. The van der Waals surface area contributed by atoms with E-state index in [-0.39, 0.29) is 0 Å². The summed E-state index contributed by atoms with van der Waals surface area (Å²) in [7, 11) is 1.78. The highest BCUT2D eigenvalue weighted by Crippen LogP contribution is 2.52. The van der Waals surface area contributed by atoms with E-state index in [4.69, 9.17) is 4.74 Å². The standard InChI is InChI=1S/C13H25NO/c1-15-10-9-14-11-13(7-4-8-13)12-5-2-3-6-12/h12,14H,2-11H2,1H3. The minimum absolute atomic E-state index is 0.685. The number of hydrogen-bond donors (Lipinski definition) is 1. The highest BCUT2D eigenvalue weighted by atomic mass is 16.5. The number of nitrogens with one attached hydrogen (secondary N) is 1. The molecule has 0 aliphatic heterocycles. The number of rotatable bonds is 6. The average molecular weight is 211 g/mol. The minimum Gasteiger partial charge on any atom is -0.383 e. The van der Waals surface area contributed by atoms with E-state index < -0.39 is 0 Å². The van der Waals surface area contributed by atoms with Gasteiger partial charge in [0.05, 0.1) is 6.61 Å². The SMILES string of the molecule is COCCNCC1(C2CCCC2)CCC1. The zero-order valence-electron chi connectivity index (χ0n) is 10.1. The van der Waals surface area contributed by atoms with E-state index in [1.807, 2.05) is 0 Å². The predicted octanol–water partition coefficient (Wildman–Crippen LogP) is 2.58. The number of ether oxygens (including phenoxy) is 1. The van der Waals surface area contributed by atoms with Crippen LogP contribution < -0.4 is 5.32 Å². The fourth-order valence-electron chi connectivity index (χ4n) is 3.41. The largest absolute Gasteiger partial charge is 0.383 e. The third-order valence-electron chi connectivity index (χ3n) is 4.53. The maximum atomic E-state index is 5.07. The van der Waals surface area contributed by atoms with Gasteiger partial charge in [-0.25, -0.2) is 0 Å². The van der Waals surface area contributed by atoms with Crippen LogP contribution in [0.3, 0.4) is 0 Å². The first-order chi connectivity index (χ1) is 7.37. The second-order valence-electron chi connectivity index (χ2n) is 5.37. The number of hydrogen-bond acceptors (Lipinski definition) is 2. The lowest BCUT2D eigenvalue weighted by Crippen LogP contribution is -2.45. The zero-order chi connectivity index (χ0) is 10.6. The Balaban J connectivity index is 1.75. The molecule has 0 bridgehead atoms. The molecule has 0 aromatic rings. The predicted molar refractivity (Wildman–Crippen MR) is 63.0 cm³/mol. The zero-order valence-corrected chi connectivity index (χ0v) is 10.1. The molecule has 0 aromatic heterocycles. The lowest BCUT2D eigenvalue weighted by atomic mass is 9.60. The molecule has 0 spiro atoms. The van der Waals surface area contributed by atoms with Crippen molar-refractivity contribution >= 4 is 0 Å². The van der Waals surface area contributed by atoms with Gasteiger partial charge in [0.25, 0.3) is 0 Å². The van der Waals surface area contributed by atoms with Crippen LogP contribution >= 0.6 is 0 Å². The molecular weight excluding hydrogens is 186 g/mol. The van der Waals surface area contributed by atoms with Crippen molar-refractivity contribution in [3.8, 4) is 0 Å². The molecule has 2 aliphatic carbocycles. The molecule has 88 valence electrons. The van der Waals surface area contributed by atoms with Crippen molar-refractivity contribution in [2.24, 2.45) is 11.3 Å². The second kappa shape index (κ2) is 5.31.